The molecule has 1 aliphatic rings. The first kappa shape index (κ1) is 15.4. The van der Waals surface area contributed by atoms with Crippen LogP contribution in [0.5, 0.6) is 0 Å². The van der Waals surface area contributed by atoms with Crippen LogP contribution in [0.2, 0.25) is 0 Å². The van der Waals surface area contributed by atoms with Crippen molar-refractivity contribution in [2.24, 2.45) is 5.41 Å². The van der Waals surface area contributed by atoms with E-state index in [1.165, 1.54) is 5.06 Å². The van der Waals surface area contributed by atoms with E-state index >= 15 is 0 Å². The Hall–Kier alpha value is -0.610. The van der Waals surface area contributed by atoms with E-state index in [0.717, 1.165) is 0 Å². The quantitative estimate of drug-likeness (QED) is 0.782. The SMILES string of the molecule is CC(C)(C)C(=O)NC1CC(C)(C)N([O])C(C)(C)C1. The summed E-state index contributed by atoms with van der Waals surface area (Å²) in [5, 5.41) is 16.5. The number of carbonyl (C=O) groups is 1. The molecule has 1 fully saturated rings. The van der Waals surface area contributed by atoms with Gasteiger partial charge in [0.25, 0.3) is 0 Å². The normalized spacial score (nSPS) is 24.9. The molecule has 1 rings (SSSR count). The highest BCUT2D eigenvalue weighted by Crippen LogP contribution is 2.37. The van der Waals surface area contributed by atoms with Crippen molar-refractivity contribution in [3.8, 4) is 0 Å². The van der Waals surface area contributed by atoms with E-state index < -0.39 is 11.1 Å². The van der Waals surface area contributed by atoms with Crippen LogP contribution >= 0.6 is 0 Å². The third-order valence-corrected chi connectivity index (χ3v) is 3.61. The van der Waals surface area contributed by atoms with Crippen LogP contribution in [0.4, 0.5) is 0 Å². The summed E-state index contributed by atoms with van der Waals surface area (Å²) in [6, 6.07) is 0.0759. The second kappa shape index (κ2) is 4.49. The predicted octanol–water partition coefficient (Wildman–Crippen LogP) is 2.52. The fourth-order valence-corrected chi connectivity index (χ4v) is 2.77. The minimum absolute atomic E-state index is 0.0541. The van der Waals surface area contributed by atoms with Crippen LogP contribution in [0.3, 0.4) is 0 Å². The standard InChI is InChI=1S/C14H27N2O2/c1-12(2,3)11(17)15-10-8-13(4,5)16(18)14(6,7)9-10/h10H,8-9H2,1-7H3,(H,15,17). The molecule has 1 N–H and O–H groups in total. The van der Waals surface area contributed by atoms with Crippen molar-refractivity contribution in [1.29, 1.82) is 0 Å². The van der Waals surface area contributed by atoms with Gasteiger partial charge in [-0.3, -0.25) is 4.79 Å². The zero-order valence-electron chi connectivity index (χ0n) is 12.8. The van der Waals surface area contributed by atoms with Crippen LogP contribution in [-0.2, 0) is 10.0 Å². The summed E-state index contributed by atoms with van der Waals surface area (Å²) in [7, 11) is 0. The number of piperidine rings is 1. The zero-order valence-corrected chi connectivity index (χ0v) is 12.8. The maximum atomic E-state index is 12.2. The molecule has 4 heteroatoms. The van der Waals surface area contributed by atoms with Crippen molar-refractivity contribution in [1.82, 2.24) is 10.4 Å². The highest BCUT2D eigenvalue weighted by atomic mass is 16.5. The topological polar surface area (TPSA) is 52.2 Å². The van der Waals surface area contributed by atoms with E-state index in [4.69, 9.17) is 0 Å². The van der Waals surface area contributed by atoms with Crippen molar-refractivity contribution < 1.29 is 10.0 Å². The minimum atomic E-state index is -0.433. The molecule has 0 unspecified atom stereocenters. The van der Waals surface area contributed by atoms with Crippen LogP contribution in [-0.4, -0.2) is 28.1 Å². The van der Waals surface area contributed by atoms with Crippen LogP contribution in [0, 0.1) is 5.41 Å². The lowest BCUT2D eigenvalue weighted by Gasteiger charge is -2.50. The molecule has 0 aromatic carbocycles. The second-order valence-corrected chi connectivity index (χ2v) is 7.75. The third kappa shape index (κ3) is 3.23. The molecule has 1 radical (unpaired) electrons. The average molecular weight is 255 g/mol. The smallest absolute Gasteiger partial charge is 0.225 e. The lowest BCUT2D eigenvalue weighted by atomic mass is 9.78. The van der Waals surface area contributed by atoms with Crippen LogP contribution < -0.4 is 5.32 Å². The Morgan fingerprint density at radius 3 is 1.83 bits per heavy atom. The van der Waals surface area contributed by atoms with Gasteiger partial charge in [-0.1, -0.05) is 20.8 Å². The van der Waals surface area contributed by atoms with E-state index in [1.54, 1.807) is 0 Å². The lowest BCUT2D eigenvalue weighted by Crippen LogP contribution is -2.62. The van der Waals surface area contributed by atoms with Gasteiger partial charge < -0.3 is 5.32 Å². The van der Waals surface area contributed by atoms with Crippen molar-refractivity contribution in [3.63, 3.8) is 0 Å². The Morgan fingerprint density at radius 2 is 1.50 bits per heavy atom. The summed E-state index contributed by atoms with van der Waals surface area (Å²) in [6.45, 7) is 13.5. The minimum Gasteiger partial charge on any atom is -0.353 e. The molecule has 1 heterocycles. The Bertz CT molecular complexity index is 311. The van der Waals surface area contributed by atoms with Crippen LogP contribution in [0.25, 0.3) is 0 Å². The molecular weight excluding hydrogens is 228 g/mol. The maximum Gasteiger partial charge on any atom is 0.225 e. The molecule has 105 valence electrons. The van der Waals surface area contributed by atoms with Crippen LogP contribution in [0.15, 0.2) is 0 Å². The van der Waals surface area contributed by atoms with Gasteiger partial charge in [0.1, 0.15) is 0 Å². The number of hydrogen-bond donors (Lipinski definition) is 1. The highest BCUT2D eigenvalue weighted by Gasteiger charge is 2.46. The Morgan fingerprint density at radius 1 is 1.11 bits per heavy atom. The van der Waals surface area contributed by atoms with E-state index in [-0.39, 0.29) is 17.4 Å². The molecule has 4 nitrogen and oxygen atoms in total. The van der Waals surface area contributed by atoms with Crippen molar-refractivity contribution in [2.75, 3.05) is 0 Å². The van der Waals surface area contributed by atoms with E-state index in [1.807, 2.05) is 48.5 Å². The lowest BCUT2D eigenvalue weighted by molar-refractivity contribution is -0.290. The monoisotopic (exact) mass is 255 g/mol. The Kier molecular flexibility index (Phi) is 3.86. The molecule has 0 aromatic rings. The number of amides is 1. The Labute approximate surface area is 111 Å². The van der Waals surface area contributed by atoms with Gasteiger partial charge in [-0.25, -0.2) is 0 Å². The number of hydrogen-bond acceptors (Lipinski definition) is 2. The largest absolute Gasteiger partial charge is 0.353 e. The fourth-order valence-electron chi connectivity index (χ4n) is 2.77. The number of carbonyl (C=O) groups excluding carboxylic acids is 1. The van der Waals surface area contributed by atoms with Crippen molar-refractivity contribution >= 4 is 5.91 Å². The van der Waals surface area contributed by atoms with Crippen molar-refractivity contribution in [3.05, 3.63) is 0 Å². The number of nitrogens with zero attached hydrogens (tertiary/aromatic N) is 1. The van der Waals surface area contributed by atoms with Gasteiger partial charge >= 0.3 is 0 Å². The average Bonchev–Trinajstić information content (AvgIpc) is 2.11. The summed E-state index contributed by atoms with van der Waals surface area (Å²) < 4.78 is 0. The van der Waals surface area contributed by atoms with Gasteiger partial charge in [-0.15, -0.1) is 10.3 Å². The summed E-state index contributed by atoms with van der Waals surface area (Å²) in [5.41, 5.74) is -1.25. The fraction of sp³-hybridized carbons (Fsp3) is 0.929. The summed E-state index contributed by atoms with van der Waals surface area (Å²) in [4.78, 5) is 12.0. The second-order valence-electron chi connectivity index (χ2n) is 7.75. The molecule has 0 saturated carbocycles. The maximum absolute atomic E-state index is 12.2. The molecule has 0 atom stereocenters. The van der Waals surface area contributed by atoms with Gasteiger partial charge in [0.15, 0.2) is 0 Å². The Balaban J connectivity index is 2.79. The molecule has 0 bridgehead atoms. The zero-order chi connectivity index (χ0) is 14.4. The molecule has 0 aliphatic carbocycles. The molecular formula is C14H27N2O2. The highest BCUT2D eigenvalue weighted by molar-refractivity contribution is 5.81. The van der Waals surface area contributed by atoms with Crippen molar-refractivity contribution in [2.45, 2.75) is 78.4 Å². The van der Waals surface area contributed by atoms with Gasteiger partial charge in [0.05, 0.1) is 0 Å². The molecule has 1 saturated heterocycles. The van der Waals surface area contributed by atoms with E-state index in [9.17, 15) is 10.0 Å². The van der Waals surface area contributed by atoms with E-state index in [2.05, 4.69) is 5.32 Å². The van der Waals surface area contributed by atoms with Gasteiger partial charge in [-0.05, 0) is 40.5 Å². The molecule has 1 aliphatic heterocycles. The first-order chi connectivity index (χ1) is 7.86. The molecule has 18 heavy (non-hydrogen) atoms. The molecule has 1 amide bonds. The third-order valence-electron chi connectivity index (χ3n) is 3.61. The first-order valence-corrected chi connectivity index (χ1v) is 6.65. The molecule has 0 spiro atoms. The summed E-state index contributed by atoms with van der Waals surface area (Å²) in [6.07, 6.45) is 1.39. The summed E-state index contributed by atoms with van der Waals surface area (Å²) >= 11 is 0. The van der Waals surface area contributed by atoms with Gasteiger partial charge in [0, 0.05) is 22.5 Å². The molecule has 0 aromatic heterocycles. The predicted molar refractivity (Wildman–Crippen MR) is 71.3 cm³/mol. The van der Waals surface area contributed by atoms with E-state index in [0.29, 0.717) is 12.8 Å². The number of rotatable bonds is 1. The number of hydroxylamine groups is 2. The number of nitrogens with one attached hydrogen (secondary N) is 1. The first-order valence-electron chi connectivity index (χ1n) is 6.65. The van der Waals surface area contributed by atoms with Crippen LogP contribution in [0.1, 0.15) is 61.3 Å². The summed E-state index contributed by atoms with van der Waals surface area (Å²) in [5.74, 6) is 0.0541. The van der Waals surface area contributed by atoms with Gasteiger partial charge in [-0.2, -0.15) is 0 Å². The van der Waals surface area contributed by atoms with Gasteiger partial charge in [0.2, 0.25) is 5.91 Å².